The van der Waals surface area contributed by atoms with Gasteiger partial charge >= 0.3 is 0 Å². The Labute approximate surface area is 215 Å². The monoisotopic (exact) mass is 501 g/mol. The van der Waals surface area contributed by atoms with E-state index in [1.165, 1.54) is 11.1 Å². The second-order valence-electron chi connectivity index (χ2n) is 9.19. The van der Waals surface area contributed by atoms with Crippen LogP contribution < -0.4 is 10.1 Å². The Morgan fingerprint density at radius 2 is 1.72 bits per heavy atom. The molecule has 3 heterocycles. The Morgan fingerprint density at radius 1 is 0.972 bits per heavy atom. The van der Waals surface area contributed by atoms with E-state index in [4.69, 9.17) is 9.72 Å². The van der Waals surface area contributed by atoms with Crippen LogP contribution in [-0.2, 0) is 19.4 Å². The lowest BCUT2D eigenvalue weighted by Gasteiger charge is -2.32. The fraction of sp³-hybridized carbons (Fsp3) is 0.321. The summed E-state index contributed by atoms with van der Waals surface area (Å²) in [7, 11) is 3.77. The van der Waals surface area contributed by atoms with Crippen molar-refractivity contribution in [2.24, 2.45) is 0 Å². The molecule has 0 aliphatic carbocycles. The number of carbonyl (C=O) groups is 1. The zero-order valence-corrected chi connectivity index (χ0v) is 21.6. The number of amides is 1. The van der Waals surface area contributed by atoms with E-state index in [2.05, 4.69) is 51.4 Å². The average Bonchev–Trinajstić information content (AvgIpc) is 3.31. The van der Waals surface area contributed by atoms with Crippen molar-refractivity contribution >= 4 is 27.5 Å². The van der Waals surface area contributed by atoms with Crippen LogP contribution >= 0.6 is 11.3 Å². The van der Waals surface area contributed by atoms with Crippen LogP contribution in [0.4, 0.5) is 0 Å². The molecular weight excluding hydrogens is 470 g/mol. The van der Waals surface area contributed by atoms with Gasteiger partial charge in [0.1, 0.15) is 17.2 Å². The number of benzene rings is 2. The molecule has 1 saturated heterocycles. The van der Waals surface area contributed by atoms with Crippen molar-refractivity contribution < 1.29 is 9.53 Å². The fourth-order valence-corrected chi connectivity index (χ4v) is 5.31. The van der Waals surface area contributed by atoms with E-state index in [9.17, 15) is 4.79 Å². The van der Waals surface area contributed by atoms with E-state index >= 15 is 0 Å². The van der Waals surface area contributed by atoms with E-state index < -0.39 is 0 Å². The second kappa shape index (κ2) is 11.2. The third kappa shape index (κ3) is 6.07. The second-order valence-corrected chi connectivity index (χ2v) is 10.3. The van der Waals surface area contributed by atoms with Gasteiger partial charge < -0.3 is 15.0 Å². The molecule has 8 heteroatoms. The SMILES string of the molecule is CNC(=O)c1cc(Oc2ccc3nc(CCc4ccc(CN5CCN(C)CC5)cc4)sc3c2)ccn1. The number of nitrogens with zero attached hydrogens (tertiary/aromatic N) is 4. The van der Waals surface area contributed by atoms with E-state index in [1.807, 2.05) is 18.2 Å². The van der Waals surface area contributed by atoms with Gasteiger partial charge in [-0.15, -0.1) is 11.3 Å². The van der Waals surface area contributed by atoms with Crippen LogP contribution in [0.5, 0.6) is 11.5 Å². The highest BCUT2D eigenvalue weighted by molar-refractivity contribution is 7.18. The molecule has 2 aromatic carbocycles. The Balaban J connectivity index is 1.18. The predicted octanol–water partition coefficient (Wildman–Crippen LogP) is 4.38. The number of fused-ring (bicyclic) bond motifs is 1. The van der Waals surface area contributed by atoms with Crippen LogP contribution in [0, 0.1) is 0 Å². The van der Waals surface area contributed by atoms with Crippen LogP contribution in [0.2, 0.25) is 0 Å². The normalized spacial score (nSPS) is 14.7. The quantitative estimate of drug-likeness (QED) is 0.387. The first-order valence-corrected chi connectivity index (χ1v) is 13.1. The number of rotatable bonds is 8. The first-order chi connectivity index (χ1) is 17.6. The summed E-state index contributed by atoms with van der Waals surface area (Å²) in [5.41, 5.74) is 4.02. The van der Waals surface area contributed by atoms with E-state index in [-0.39, 0.29) is 5.91 Å². The Bertz CT molecular complexity index is 1330. The minimum Gasteiger partial charge on any atom is -0.457 e. The van der Waals surface area contributed by atoms with Crippen LogP contribution in [0.25, 0.3) is 10.2 Å². The molecule has 0 unspecified atom stereocenters. The number of likely N-dealkylation sites (N-methyl/N-ethyl adjacent to an activating group) is 1. The van der Waals surface area contributed by atoms with Gasteiger partial charge in [-0.25, -0.2) is 4.98 Å². The summed E-state index contributed by atoms with van der Waals surface area (Å²) >= 11 is 1.70. The molecule has 1 N–H and O–H groups in total. The molecule has 5 rings (SSSR count). The summed E-state index contributed by atoms with van der Waals surface area (Å²) in [4.78, 5) is 25.6. The number of ether oxygens (including phenoxy) is 1. The third-order valence-electron chi connectivity index (χ3n) is 6.48. The van der Waals surface area contributed by atoms with Gasteiger partial charge in [-0.1, -0.05) is 24.3 Å². The lowest BCUT2D eigenvalue weighted by Crippen LogP contribution is -2.43. The summed E-state index contributed by atoms with van der Waals surface area (Å²) in [6.07, 6.45) is 3.45. The van der Waals surface area contributed by atoms with Crippen LogP contribution in [0.3, 0.4) is 0 Å². The van der Waals surface area contributed by atoms with Crippen molar-refractivity contribution in [3.05, 3.63) is 82.6 Å². The molecule has 0 radical (unpaired) electrons. The molecule has 1 aliphatic heterocycles. The van der Waals surface area contributed by atoms with Gasteiger partial charge in [-0.05, 0) is 42.8 Å². The predicted molar refractivity (Wildman–Crippen MR) is 144 cm³/mol. The number of piperazine rings is 1. The Kier molecular flexibility index (Phi) is 7.55. The maximum absolute atomic E-state index is 11.8. The molecule has 7 nitrogen and oxygen atoms in total. The van der Waals surface area contributed by atoms with Crippen molar-refractivity contribution in [1.82, 2.24) is 25.1 Å². The Morgan fingerprint density at radius 3 is 2.50 bits per heavy atom. The van der Waals surface area contributed by atoms with Gasteiger partial charge in [-0.3, -0.25) is 14.7 Å². The molecule has 36 heavy (non-hydrogen) atoms. The topological polar surface area (TPSA) is 70.6 Å². The highest BCUT2D eigenvalue weighted by Gasteiger charge is 2.14. The van der Waals surface area contributed by atoms with E-state index in [0.29, 0.717) is 17.2 Å². The number of aryl methyl sites for hydroxylation is 2. The van der Waals surface area contributed by atoms with Gasteiger partial charge in [0, 0.05) is 64.5 Å². The molecule has 0 spiro atoms. The Hall–Kier alpha value is -3.33. The number of aromatic nitrogens is 2. The van der Waals surface area contributed by atoms with Crippen molar-refractivity contribution in [2.75, 3.05) is 40.3 Å². The highest BCUT2D eigenvalue weighted by atomic mass is 32.1. The van der Waals surface area contributed by atoms with Crippen LogP contribution in [-0.4, -0.2) is 65.9 Å². The first kappa shape index (κ1) is 24.4. The van der Waals surface area contributed by atoms with Gasteiger partial charge in [0.25, 0.3) is 5.91 Å². The summed E-state index contributed by atoms with van der Waals surface area (Å²) in [5, 5.41) is 3.70. The number of pyridine rings is 1. The standard InChI is InChI=1S/C28H31N5O2S/c1-29-28(34)25-17-23(11-12-30-25)35-22-8-9-24-26(18-22)36-27(31-24)10-7-20-3-5-21(6-4-20)19-33-15-13-32(2)14-16-33/h3-6,8-9,11-12,17-18H,7,10,13-16,19H2,1-2H3,(H,29,34). The minimum absolute atomic E-state index is 0.243. The fourth-order valence-electron chi connectivity index (χ4n) is 4.31. The summed E-state index contributed by atoms with van der Waals surface area (Å²) in [6, 6.07) is 18.3. The van der Waals surface area contributed by atoms with Gasteiger partial charge in [0.05, 0.1) is 15.2 Å². The zero-order chi connectivity index (χ0) is 24.9. The van der Waals surface area contributed by atoms with E-state index in [1.54, 1.807) is 36.7 Å². The van der Waals surface area contributed by atoms with Gasteiger partial charge in [-0.2, -0.15) is 0 Å². The molecule has 1 amide bonds. The highest BCUT2D eigenvalue weighted by Crippen LogP contribution is 2.30. The largest absolute Gasteiger partial charge is 0.457 e. The van der Waals surface area contributed by atoms with Crippen molar-refractivity contribution in [3.8, 4) is 11.5 Å². The summed E-state index contributed by atoms with van der Waals surface area (Å²) in [6.45, 7) is 5.61. The summed E-state index contributed by atoms with van der Waals surface area (Å²) in [5.74, 6) is 1.04. The molecule has 2 aromatic heterocycles. The van der Waals surface area contributed by atoms with Crippen molar-refractivity contribution in [2.45, 2.75) is 19.4 Å². The summed E-state index contributed by atoms with van der Waals surface area (Å²) < 4.78 is 7.07. The van der Waals surface area contributed by atoms with Crippen molar-refractivity contribution in [1.29, 1.82) is 0 Å². The minimum atomic E-state index is -0.243. The molecule has 1 aliphatic rings. The molecule has 4 aromatic rings. The number of hydrogen-bond acceptors (Lipinski definition) is 7. The van der Waals surface area contributed by atoms with E-state index in [0.717, 1.165) is 60.8 Å². The molecule has 0 saturated carbocycles. The third-order valence-corrected chi connectivity index (χ3v) is 7.56. The number of hydrogen-bond donors (Lipinski definition) is 1. The molecule has 186 valence electrons. The lowest BCUT2D eigenvalue weighted by molar-refractivity contribution is 0.0958. The molecule has 0 bridgehead atoms. The number of thiazole rings is 1. The average molecular weight is 502 g/mol. The zero-order valence-electron chi connectivity index (χ0n) is 20.7. The molecule has 0 atom stereocenters. The van der Waals surface area contributed by atoms with Gasteiger partial charge in [0.2, 0.25) is 0 Å². The molecular formula is C28H31N5O2S. The molecule has 1 fully saturated rings. The first-order valence-electron chi connectivity index (χ1n) is 12.3. The van der Waals surface area contributed by atoms with Crippen LogP contribution in [0.15, 0.2) is 60.8 Å². The smallest absolute Gasteiger partial charge is 0.269 e. The van der Waals surface area contributed by atoms with Gasteiger partial charge in [0.15, 0.2) is 0 Å². The number of carbonyl (C=O) groups excluding carboxylic acids is 1. The maximum Gasteiger partial charge on any atom is 0.269 e. The van der Waals surface area contributed by atoms with Crippen molar-refractivity contribution in [3.63, 3.8) is 0 Å². The number of nitrogens with one attached hydrogen (secondary N) is 1. The van der Waals surface area contributed by atoms with Crippen LogP contribution in [0.1, 0.15) is 26.6 Å². The lowest BCUT2D eigenvalue weighted by atomic mass is 10.1. The maximum atomic E-state index is 11.8.